The smallest absolute Gasteiger partial charge is 0.254 e. The first-order valence-electron chi connectivity index (χ1n) is 7.19. The molecule has 3 unspecified atom stereocenters. The second-order valence-electron chi connectivity index (χ2n) is 6.03. The fourth-order valence-corrected chi connectivity index (χ4v) is 3.64. The van der Waals surface area contributed by atoms with Gasteiger partial charge in [-0.25, -0.2) is 0 Å². The Kier molecular flexibility index (Phi) is 3.09. The Bertz CT molecular complexity index is 511. The van der Waals surface area contributed by atoms with Gasteiger partial charge in [-0.15, -0.1) is 0 Å². The second kappa shape index (κ2) is 4.64. The Morgan fingerprint density at radius 1 is 1.32 bits per heavy atom. The average molecular weight is 258 g/mol. The first kappa shape index (κ1) is 12.7. The summed E-state index contributed by atoms with van der Waals surface area (Å²) in [6.07, 6.45) is 1.13. The van der Waals surface area contributed by atoms with Gasteiger partial charge in [-0.3, -0.25) is 4.79 Å². The zero-order valence-electron chi connectivity index (χ0n) is 11.9. The van der Waals surface area contributed by atoms with Gasteiger partial charge in [-0.1, -0.05) is 12.1 Å². The minimum atomic E-state index is 0.213. The van der Waals surface area contributed by atoms with Crippen LogP contribution in [0, 0.1) is 19.8 Å². The second-order valence-corrected chi connectivity index (χ2v) is 6.03. The van der Waals surface area contributed by atoms with Crippen LogP contribution in [0.1, 0.15) is 34.8 Å². The van der Waals surface area contributed by atoms with Crippen molar-refractivity contribution in [2.45, 2.75) is 39.3 Å². The Morgan fingerprint density at radius 2 is 2.11 bits per heavy atom. The van der Waals surface area contributed by atoms with Crippen molar-refractivity contribution in [3.05, 3.63) is 34.9 Å². The molecule has 1 aromatic rings. The van der Waals surface area contributed by atoms with E-state index < -0.39 is 0 Å². The lowest BCUT2D eigenvalue weighted by Crippen LogP contribution is -2.43. The highest BCUT2D eigenvalue weighted by Gasteiger charge is 2.44. The van der Waals surface area contributed by atoms with Crippen molar-refractivity contribution < 1.29 is 4.79 Å². The highest BCUT2D eigenvalue weighted by molar-refractivity contribution is 5.96. The molecule has 3 nitrogen and oxygen atoms in total. The highest BCUT2D eigenvalue weighted by atomic mass is 16.2. The quantitative estimate of drug-likeness (QED) is 0.837. The number of hydrogen-bond acceptors (Lipinski definition) is 2. The van der Waals surface area contributed by atoms with Gasteiger partial charge < -0.3 is 10.2 Å². The maximum absolute atomic E-state index is 12.9. The molecule has 0 saturated carbocycles. The van der Waals surface area contributed by atoms with Crippen molar-refractivity contribution in [1.29, 1.82) is 0 Å². The molecule has 0 bridgehead atoms. The number of aryl methyl sites for hydroxylation is 1. The van der Waals surface area contributed by atoms with E-state index in [2.05, 4.69) is 30.1 Å². The number of carbonyl (C=O) groups is 1. The summed E-state index contributed by atoms with van der Waals surface area (Å²) < 4.78 is 0. The summed E-state index contributed by atoms with van der Waals surface area (Å²) in [7, 11) is 0. The van der Waals surface area contributed by atoms with Crippen LogP contribution in [0.5, 0.6) is 0 Å². The summed E-state index contributed by atoms with van der Waals surface area (Å²) in [6.45, 7) is 8.31. The number of likely N-dealkylation sites (tertiary alicyclic amines) is 1. The van der Waals surface area contributed by atoms with E-state index in [1.54, 1.807) is 0 Å². The van der Waals surface area contributed by atoms with Crippen molar-refractivity contribution in [2.24, 2.45) is 5.92 Å². The van der Waals surface area contributed by atoms with Crippen molar-refractivity contribution in [3.63, 3.8) is 0 Å². The van der Waals surface area contributed by atoms with Crippen LogP contribution < -0.4 is 5.32 Å². The Hall–Kier alpha value is -1.35. The standard InChI is InChI=1S/C16H22N2O/c1-10-5-4-6-14(12(10)3)16(19)18-11(2)7-13-8-17-9-15(13)18/h4-6,11,13,15,17H,7-9H2,1-3H3. The molecule has 19 heavy (non-hydrogen) atoms. The Labute approximate surface area is 115 Å². The van der Waals surface area contributed by atoms with Gasteiger partial charge in [0.25, 0.3) is 5.91 Å². The zero-order valence-corrected chi connectivity index (χ0v) is 11.9. The first-order chi connectivity index (χ1) is 9.09. The van der Waals surface area contributed by atoms with Crippen LogP contribution in [0.25, 0.3) is 0 Å². The van der Waals surface area contributed by atoms with Crippen LogP contribution in [-0.4, -0.2) is 36.0 Å². The van der Waals surface area contributed by atoms with E-state index >= 15 is 0 Å². The maximum atomic E-state index is 12.9. The molecule has 2 saturated heterocycles. The monoisotopic (exact) mass is 258 g/mol. The molecular formula is C16H22N2O. The number of hydrogen-bond donors (Lipinski definition) is 1. The topological polar surface area (TPSA) is 32.3 Å². The minimum Gasteiger partial charge on any atom is -0.331 e. The molecule has 3 atom stereocenters. The number of rotatable bonds is 1. The summed E-state index contributed by atoms with van der Waals surface area (Å²) in [4.78, 5) is 15.0. The molecule has 2 aliphatic rings. The molecule has 102 valence electrons. The van der Waals surface area contributed by atoms with Crippen molar-refractivity contribution >= 4 is 5.91 Å². The normalized spacial score (nSPS) is 29.6. The molecule has 2 heterocycles. The largest absolute Gasteiger partial charge is 0.331 e. The summed E-state index contributed by atoms with van der Waals surface area (Å²) in [5.41, 5.74) is 3.19. The third-order valence-electron chi connectivity index (χ3n) is 4.85. The van der Waals surface area contributed by atoms with Gasteiger partial charge in [0.15, 0.2) is 0 Å². The van der Waals surface area contributed by atoms with E-state index in [0.29, 0.717) is 18.0 Å². The van der Waals surface area contributed by atoms with E-state index in [9.17, 15) is 4.79 Å². The summed E-state index contributed by atoms with van der Waals surface area (Å²) in [5, 5.41) is 3.41. The van der Waals surface area contributed by atoms with Gasteiger partial charge in [0.1, 0.15) is 0 Å². The molecule has 1 amide bonds. The van der Waals surface area contributed by atoms with E-state index in [1.807, 2.05) is 19.1 Å². The fraction of sp³-hybridized carbons (Fsp3) is 0.562. The van der Waals surface area contributed by atoms with Gasteiger partial charge >= 0.3 is 0 Å². The van der Waals surface area contributed by atoms with E-state index in [0.717, 1.165) is 30.6 Å². The van der Waals surface area contributed by atoms with E-state index in [-0.39, 0.29) is 5.91 Å². The minimum absolute atomic E-state index is 0.213. The van der Waals surface area contributed by atoms with Gasteiger partial charge in [0.05, 0.1) is 0 Å². The molecule has 0 radical (unpaired) electrons. The van der Waals surface area contributed by atoms with Crippen molar-refractivity contribution in [3.8, 4) is 0 Å². The van der Waals surface area contributed by atoms with Crippen molar-refractivity contribution in [2.75, 3.05) is 13.1 Å². The third-order valence-corrected chi connectivity index (χ3v) is 4.85. The van der Waals surface area contributed by atoms with Crippen LogP contribution in [-0.2, 0) is 0 Å². The highest BCUT2D eigenvalue weighted by Crippen LogP contribution is 2.33. The Balaban J connectivity index is 1.93. The van der Waals surface area contributed by atoms with Gasteiger partial charge in [0, 0.05) is 30.7 Å². The summed E-state index contributed by atoms with van der Waals surface area (Å²) in [6, 6.07) is 6.78. The van der Waals surface area contributed by atoms with Crippen LogP contribution >= 0.6 is 0 Å². The van der Waals surface area contributed by atoms with Crippen LogP contribution in [0.4, 0.5) is 0 Å². The summed E-state index contributed by atoms with van der Waals surface area (Å²) >= 11 is 0. The van der Waals surface area contributed by atoms with Crippen LogP contribution in [0.3, 0.4) is 0 Å². The number of carbonyl (C=O) groups excluding carboxylic acids is 1. The number of amides is 1. The lowest BCUT2D eigenvalue weighted by molar-refractivity contribution is 0.0681. The molecule has 2 aliphatic heterocycles. The SMILES string of the molecule is Cc1cccc(C(=O)N2C(C)CC3CNCC32)c1C. The molecule has 2 fully saturated rings. The molecule has 3 heteroatoms. The van der Waals surface area contributed by atoms with Crippen LogP contribution in [0.15, 0.2) is 18.2 Å². The lowest BCUT2D eigenvalue weighted by Gasteiger charge is -2.28. The maximum Gasteiger partial charge on any atom is 0.254 e. The van der Waals surface area contributed by atoms with E-state index in [4.69, 9.17) is 0 Å². The molecule has 1 N–H and O–H groups in total. The molecular weight excluding hydrogens is 236 g/mol. The average Bonchev–Trinajstić information content (AvgIpc) is 2.91. The number of nitrogens with zero attached hydrogens (tertiary/aromatic N) is 1. The van der Waals surface area contributed by atoms with Gasteiger partial charge in [-0.05, 0) is 50.3 Å². The molecule has 0 aliphatic carbocycles. The molecule has 0 aromatic heterocycles. The third kappa shape index (κ3) is 1.96. The number of benzene rings is 1. The molecule has 0 spiro atoms. The number of nitrogens with one attached hydrogen (secondary N) is 1. The first-order valence-corrected chi connectivity index (χ1v) is 7.19. The lowest BCUT2D eigenvalue weighted by atomic mass is 10.0. The predicted molar refractivity (Wildman–Crippen MR) is 76.3 cm³/mol. The fourth-order valence-electron chi connectivity index (χ4n) is 3.64. The molecule has 3 rings (SSSR count). The van der Waals surface area contributed by atoms with Gasteiger partial charge in [0.2, 0.25) is 0 Å². The number of fused-ring (bicyclic) bond motifs is 1. The Morgan fingerprint density at radius 3 is 2.89 bits per heavy atom. The molecule has 1 aromatic carbocycles. The van der Waals surface area contributed by atoms with Gasteiger partial charge in [-0.2, -0.15) is 0 Å². The summed E-state index contributed by atoms with van der Waals surface area (Å²) in [5.74, 6) is 0.856. The van der Waals surface area contributed by atoms with Crippen molar-refractivity contribution in [1.82, 2.24) is 10.2 Å². The van der Waals surface area contributed by atoms with Crippen LogP contribution in [0.2, 0.25) is 0 Å². The predicted octanol–water partition coefficient (Wildman–Crippen LogP) is 2.13. The zero-order chi connectivity index (χ0) is 13.6. The van der Waals surface area contributed by atoms with E-state index in [1.165, 1.54) is 5.56 Å².